The highest BCUT2D eigenvalue weighted by Crippen LogP contribution is 2.18. The molecule has 0 aromatic heterocycles. The summed E-state index contributed by atoms with van der Waals surface area (Å²) in [5.74, 6) is 0. The van der Waals surface area contributed by atoms with E-state index in [-0.39, 0.29) is 0 Å². The molecule has 0 aliphatic carbocycles. The van der Waals surface area contributed by atoms with Gasteiger partial charge in [-0.25, -0.2) is 0 Å². The third kappa shape index (κ3) is 3.23. The van der Waals surface area contributed by atoms with Gasteiger partial charge in [-0.3, -0.25) is 0 Å². The van der Waals surface area contributed by atoms with Gasteiger partial charge in [0, 0.05) is 0 Å². The van der Waals surface area contributed by atoms with Gasteiger partial charge in [-0.15, -0.1) is 0 Å². The molecule has 0 bridgehead atoms. The molecule has 0 heterocycles. The van der Waals surface area contributed by atoms with Crippen molar-refractivity contribution in [2.24, 2.45) is 0 Å². The van der Waals surface area contributed by atoms with Crippen molar-refractivity contribution in [1.29, 1.82) is 0 Å². The Morgan fingerprint density at radius 1 is 0.583 bits per heavy atom. The molecule has 0 spiro atoms. The molecule has 4 aromatic carbocycles. The molecule has 116 valence electrons. The van der Waals surface area contributed by atoms with Crippen molar-refractivity contribution in [3.63, 3.8) is 0 Å². The Bertz CT molecular complexity index is 1010. The summed E-state index contributed by atoms with van der Waals surface area (Å²) in [5.41, 5.74) is 2.67. The molecule has 4 aromatic rings. The molecule has 0 aliphatic rings. The fourth-order valence-electron chi connectivity index (χ4n) is 3.18. The Balaban J connectivity index is 1.44. The van der Waals surface area contributed by atoms with Crippen LogP contribution in [0.25, 0.3) is 27.6 Å². The van der Waals surface area contributed by atoms with Crippen molar-refractivity contribution in [2.45, 2.75) is 12.8 Å². The number of aryl methyl sites for hydroxylation is 1. The number of allylic oxidation sites excluding steroid dienone is 1. The minimum absolute atomic E-state index is 1.06. The van der Waals surface area contributed by atoms with Gasteiger partial charge in [-0.05, 0) is 51.6 Å². The van der Waals surface area contributed by atoms with E-state index < -0.39 is 0 Å². The van der Waals surface area contributed by atoms with E-state index in [1.54, 1.807) is 0 Å². The molecule has 0 unspecified atom stereocenters. The van der Waals surface area contributed by atoms with Gasteiger partial charge in [0.25, 0.3) is 0 Å². The average molecular weight is 308 g/mol. The zero-order valence-electron chi connectivity index (χ0n) is 13.7. The maximum absolute atomic E-state index is 2.30. The van der Waals surface area contributed by atoms with E-state index in [2.05, 4.69) is 97.1 Å². The maximum atomic E-state index is 2.30. The first kappa shape index (κ1) is 14.7. The van der Waals surface area contributed by atoms with Crippen LogP contribution in [0.3, 0.4) is 0 Å². The molecule has 0 radical (unpaired) electrons. The molecule has 24 heavy (non-hydrogen) atoms. The summed E-state index contributed by atoms with van der Waals surface area (Å²) in [7, 11) is 0. The molecule has 0 saturated heterocycles. The first-order chi connectivity index (χ1) is 11.9. The SMILES string of the molecule is C(=Cc1ccc2ccccc2c1)CCc1ccc2ccccc2c1. The van der Waals surface area contributed by atoms with Gasteiger partial charge >= 0.3 is 0 Å². The monoisotopic (exact) mass is 308 g/mol. The second kappa shape index (κ2) is 6.72. The van der Waals surface area contributed by atoms with Gasteiger partial charge in [0.15, 0.2) is 0 Å². The van der Waals surface area contributed by atoms with Gasteiger partial charge in [0.05, 0.1) is 0 Å². The highest BCUT2D eigenvalue weighted by atomic mass is 14.0. The smallest absolute Gasteiger partial charge is 0.0178 e. The molecule has 4 rings (SSSR count). The van der Waals surface area contributed by atoms with E-state index in [9.17, 15) is 0 Å². The fourth-order valence-corrected chi connectivity index (χ4v) is 3.18. The van der Waals surface area contributed by atoms with Gasteiger partial charge in [-0.2, -0.15) is 0 Å². The van der Waals surface area contributed by atoms with Crippen LogP contribution in [0.15, 0.2) is 91.0 Å². The lowest BCUT2D eigenvalue weighted by Crippen LogP contribution is -1.83. The van der Waals surface area contributed by atoms with Crippen molar-refractivity contribution in [2.75, 3.05) is 0 Å². The van der Waals surface area contributed by atoms with E-state index in [0.717, 1.165) is 12.8 Å². The van der Waals surface area contributed by atoms with E-state index in [0.29, 0.717) is 0 Å². The lowest BCUT2D eigenvalue weighted by atomic mass is 10.0. The van der Waals surface area contributed by atoms with Gasteiger partial charge in [0.1, 0.15) is 0 Å². The van der Waals surface area contributed by atoms with Crippen LogP contribution in [0.4, 0.5) is 0 Å². The van der Waals surface area contributed by atoms with Gasteiger partial charge in [0.2, 0.25) is 0 Å². The first-order valence-electron chi connectivity index (χ1n) is 8.51. The third-order valence-corrected chi connectivity index (χ3v) is 4.50. The van der Waals surface area contributed by atoms with E-state index in [1.807, 2.05) is 0 Å². The van der Waals surface area contributed by atoms with Crippen LogP contribution in [0, 0.1) is 0 Å². The molecule has 0 aliphatic heterocycles. The normalized spacial score (nSPS) is 11.5. The summed E-state index contributed by atoms with van der Waals surface area (Å²) < 4.78 is 0. The summed E-state index contributed by atoms with van der Waals surface area (Å²) in [5, 5.41) is 5.24. The molecular formula is C24H20. The second-order valence-corrected chi connectivity index (χ2v) is 6.23. The standard InChI is InChI=1S/C24H20/c1(7-19-13-15-21-9-3-5-11-23(21)17-19)2-8-20-14-16-22-10-4-6-12-24(22)18-20/h1,3-7,9-18H,2,8H2. The van der Waals surface area contributed by atoms with Crippen LogP contribution in [0.5, 0.6) is 0 Å². The van der Waals surface area contributed by atoms with Crippen molar-refractivity contribution >= 4 is 27.6 Å². The molecule has 0 saturated carbocycles. The Kier molecular flexibility index (Phi) is 4.12. The van der Waals surface area contributed by atoms with Crippen LogP contribution >= 0.6 is 0 Å². The topological polar surface area (TPSA) is 0 Å². The highest BCUT2D eigenvalue weighted by Gasteiger charge is 1.96. The molecule has 0 N–H and O–H groups in total. The number of benzene rings is 4. The van der Waals surface area contributed by atoms with E-state index in [1.165, 1.54) is 32.7 Å². The van der Waals surface area contributed by atoms with Crippen molar-refractivity contribution in [1.82, 2.24) is 0 Å². The van der Waals surface area contributed by atoms with E-state index in [4.69, 9.17) is 0 Å². The molecular weight excluding hydrogens is 288 g/mol. The second-order valence-electron chi connectivity index (χ2n) is 6.23. The minimum atomic E-state index is 1.06. The lowest BCUT2D eigenvalue weighted by molar-refractivity contribution is 1.01. The van der Waals surface area contributed by atoms with Gasteiger partial charge in [-0.1, -0.05) is 91.0 Å². The van der Waals surface area contributed by atoms with Crippen LogP contribution in [0.2, 0.25) is 0 Å². The van der Waals surface area contributed by atoms with Crippen LogP contribution in [0.1, 0.15) is 17.5 Å². The van der Waals surface area contributed by atoms with Gasteiger partial charge < -0.3 is 0 Å². The van der Waals surface area contributed by atoms with E-state index >= 15 is 0 Å². The Hall–Kier alpha value is -2.86. The van der Waals surface area contributed by atoms with Crippen LogP contribution in [-0.2, 0) is 6.42 Å². The summed E-state index contributed by atoms with van der Waals surface area (Å²) in [6.07, 6.45) is 6.65. The molecule has 0 fully saturated rings. The number of hydrogen-bond acceptors (Lipinski definition) is 0. The molecule has 0 amide bonds. The zero-order chi connectivity index (χ0) is 16.2. The van der Waals surface area contributed by atoms with Crippen LogP contribution in [-0.4, -0.2) is 0 Å². The van der Waals surface area contributed by atoms with Crippen LogP contribution < -0.4 is 0 Å². The molecule has 0 nitrogen and oxygen atoms in total. The predicted octanol–water partition coefficient (Wildman–Crippen LogP) is 6.64. The largest absolute Gasteiger partial charge is 0.0836 e. The van der Waals surface area contributed by atoms with Crippen molar-refractivity contribution < 1.29 is 0 Å². The Morgan fingerprint density at radius 2 is 1.21 bits per heavy atom. The Labute approximate surface area is 143 Å². The summed E-state index contributed by atoms with van der Waals surface area (Å²) in [6, 6.07) is 30.4. The van der Waals surface area contributed by atoms with Crippen molar-refractivity contribution in [3.8, 4) is 0 Å². The quantitative estimate of drug-likeness (QED) is 0.396. The molecule has 0 heteroatoms. The first-order valence-corrected chi connectivity index (χ1v) is 8.51. The summed E-state index contributed by atoms with van der Waals surface area (Å²) in [6.45, 7) is 0. The highest BCUT2D eigenvalue weighted by molar-refractivity contribution is 5.85. The Morgan fingerprint density at radius 3 is 1.96 bits per heavy atom. The number of fused-ring (bicyclic) bond motifs is 2. The maximum Gasteiger partial charge on any atom is -0.0178 e. The van der Waals surface area contributed by atoms with Crippen molar-refractivity contribution in [3.05, 3.63) is 102 Å². The third-order valence-electron chi connectivity index (χ3n) is 4.50. The lowest BCUT2D eigenvalue weighted by Gasteiger charge is -2.02. The fraction of sp³-hybridized carbons (Fsp3) is 0.0833. The average Bonchev–Trinajstić information content (AvgIpc) is 2.65. The molecule has 0 atom stereocenters. The predicted molar refractivity (Wildman–Crippen MR) is 105 cm³/mol. The number of hydrogen-bond donors (Lipinski definition) is 0. The zero-order valence-corrected chi connectivity index (χ0v) is 13.7. The summed E-state index contributed by atoms with van der Waals surface area (Å²) in [4.78, 5) is 0. The minimum Gasteiger partial charge on any atom is -0.0836 e. The summed E-state index contributed by atoms with van der Waals surface area (Å²) >= 11 is 0. The number of rotatable bonds is 4.